The van der Waals surface area contributed by atoms with Gasteiger partial charge in [-0.15, -0.1) is 0 Å². The molecule has 1 aliphatic carbocycles. The topological polar surface area (TPSA) is 74.6 Å². The number of hydrogen-bond acceptors (Lipinski definition) is 4. The molecule has 2 N–H and O–H groups in total. The van der Waals surface area contributed by atoms with Crippen molar-refractivity contribution in [2.45, 2.75) is 32.0 Å². The van der Waals surface area contributed by atoms with Crippen molar-refractivity contribution in [3.8, 4) is 0 Å². The zero-order valence-corrected chi connectivity index (χ0v) is 13.4. The number of carbonyl (C=O) groups excluding carboxylic acids is 2. The maximum Gasteiger partial charge on any atom is 0.321 e. The molecule has 6 heteroatoms. The van der Waals surface area contributed by atoms with Crippen molar-refractivity contribution < 1.29 is 14.0 Å². The molecule has 3 rings (SSSR count). The van der Waals surface area contributed by atoms with E-state index in [-0.39, 0.29) is 18.5 Å². The summed E-state index contributed by atoms with van der Waals surface area (Å²) in [6, 6.07) is 13.4. The first-order chi connectivity index (χ1) is 11.7. The Bertz CT molecular complexity index is 666. The van der Waals surface area contributed by atoms with Gasteiger partial charge in [0.05, 0.1) is 19.4 Å². The summed E-state index contributed by atoms with van der Waals surface area (Å²) < 4.78 is 5.37. The molecule has 6 nitrogen and oxygen atoms in total. The van der Waals surface area contributed by atoms with E-state index in [1.165, 1.54) is 0 Å². The zero-order valence-electron chi connectivity index (χ0n) is 13.4. The minimum absolute atomic E-state index is 0.119. The van der Waals surface area contributed by atoms with Crippen LogP contribution in [0.4, 0.5) is 4.79 Å². The summed E-state index contributed by atoms with van der Waals surface area (Å²) in [7, 11) is 0. The van der Waals surface area contributed by atoms with E-state index in [1.807, 2.05) is 47.4 Å². The molecule has 1 fully saturated rings. The van der Waals surface area contributed by atoms with Crippen LogP contribution in [0.15, 0.2) is 53.1 Å². The molecule has 3 amide bonds. The van der Waals surface area contributed by atoms with Gasteiger partial charge in [0.2, 0.25) is 5.91 Å². The second-order valence-corrected chi connectivity index (χ2v) is 6.01. The van der Waals surface area contributed by atoms with Gasteiger partial charge in [-0.3, -0.25) is 15.0 Å². The zero-order chi connectivity index (χ0) is 16.8. The minimum Gasteiger partial charge on any atom is -0.468 e. The van der Waals surface area contributed by atoms with Crippen molar-refractivity contribution in [2.75, 3.05) is 6.54 Å². The van der Waals surface area contributed by atoms with Crippen LogP contribution >= 0.6 is 0 Å². The van der Waals surface area contributed by atoms with Crippen molar-refractivity contribution in [3.05, 3.63) is 60.1 Å². The first-order valence-electron chi connectivity index (χ1n) is 8.08. The Morgan fingerprint density at radius 1 is 1.08 bits per heavy atom. The van der Waals surface area contributed by atoms with Gasteiger partial charge >= 0.3 is 6.03 Å². The summed E-state index contributed by atoms with van der Waals surface area (Å²) in [5, 5.41) is 5.13. The Hall–Kier alpha value is -2.60. The largest absolute Gasteiger partial charge is 0.468 e. The van der Waals surface area contributed by atoms with E-state index in [2.05, 4.69) is 10.6 Å². The summed E-state index contributed by atoms with van der Waals surface area (Å²) in [5.74, 6) is 0.455. The van der Waals surface area contributed by atoms with E-state index in [0.717, 1.165) is 24.2 Å². The van der Waals surface area contributed by atoms with E-state index in [9.17, 15) is 9.59 Å². The van der Waals surface area contributed by atoms with E-state index in [4.69, 9.17) is 4.42 Å². The molecular formula is C18H21N3O3. The summed E-state index contributed by atoms with van der Waals surface area (Å²) >= 11 is 0. The van der Waals surface area contributed by atoms with Gasteiger partial charge in [-0.2, -0.15) is 0 Å². The predicted molar refractivity (Wildman–Crippen MR) is 89.0 cm³/mol. The molecule has 1 aromatic carbocycles. The molecule has 0 radical (unpaired) electrons. The number of nitrogens with one attached hydrogen (secondary N) is 2. The molecule has 1 aliphatic rings. The highest BCUT2D eigenvalue weighted by atomic mass is 16.3. The van der Waals surface area contributed by atoms with E-state index in [0.29, 0.717) is 13.1 Å². The van der Waals surface area contributed by atoms with Crippen molar-refractivity contribution >= 4 is 11.9 Å². The number of amides is 3. The first-order valence-corrected chi connectivity index (χ1v) is 8.08. The SMILES string of the molecule is O=C(CN(Cc1ccccc1)Cc1ccco1)NC(=O)NC1CC1. The molecule has 126 valence electrons. The smallest absolute Gasteiger partial charge is 0.321 e. The quantitative estimate of drug-likeness (QED) is 0.818. The van der Waals surface area contributed by atoms with Crippen molar-refractivity contribution in [1.82, 2.24) is 15.5 Å². The Morgan fingerprint density at radius 2 is 1.88 bits per heavy atom. The monoisotopic (exact) mass is 327 g/mol. The summed E-state index contributed by atoms with van der Waals surface area (Å²) in [6.07, 6.45) is 3.58. The van der Waals surface area contributed by atoms with Crippen molar-refractivity contribution in [1.29, 1.82) is 0 Å². The molecule has 0 atom stereocenters. The van der Waals surface area contributed by atoms with Crippen LogP contribution in [0.2, 0.25) is 0 Å². The average molecular weight is 327 g/mol. The van der Waals surface area contributed by atoms with Crippen LogP contribution in [0.25, 0.3) is 0 Å². The van der Waals surface area contributed by atoms with Crippen LogP contribution < -0.4 is 10.6 Å². The van der Waals surface area contributed by atoms with E-state index < -0.39 is 6.03 Å². The van der Waals surface area contributed by atoms with Crippen LogP contribution in [-0.2, 0) is 17.9 Å². The standard InChI is InChI=1S/C18H21N3O3/c22-17(20-18(23)19-15-8-9-15)13-21(12-16-7-4-10-24-16)11-14-5-2-1-3-6-14/h1-7,10,15H,8-9,11-13H2,(H2,19,20,22,23). The summed E-state index contributed by atoms with van der Waals surface area (Å²) in [5.41, 5.74) is 1.10. The Labute approximate surface area is 140 Å². The number of carbonyl (C=O) groups is 2. The number of urea groups is 1. The number of nitrogens with zero attached hydrogens (tertiary/aromatic N) is 1. The average Bonchev–Trinajstić information content (AvgIpc) is 3.20. The van der Waals surface area contributed by atoms with Crippen molar-refractivity contribution in [3.63, 3.8) is 0 Å². The van der Waals surface area contributed by atoms with Gasteiger partial charge in [0, 0.05) is 12.6 Å². The predicted octanol–water partition coefficient (Wildman–Crippen LogP) is 2.27. The fourth-order valence-corrected chi connectivity index (χ4v) is 2.45. The third-order valence-corrected chi connectivity index (χ3v) is 3.74. The first kappa shape index (κ1) is 16.3. The Balaban J connectivity index is 1.57. The lowest BCUT2D eigenvalue weighted by atomic mass is 10.2. The third kappa shape index (κ3) is 5.24. The number of hydrogen-bond donors (Lipinski definition) is 2. The normalized spacial score (nSPS) is 13.7. The maximum absolute atomic E-state index is 12.1. The highest BCUT2D eigenvalue weighted by Gasteiger charge is 2.24. The molecule has 0 saturated heterocycles. The number of furan rings is 1. The van der Waals surface area contributed by atoms with Crippen LogP contribution in [0, 0.1) is 0 Å². The Morgan fingerprint density at radius 3 is 2.54 bits per heavy atom. The van der Waals surface area contributed by atoms with Crippen molar-refractivity contribution in [2.24, 2.45) is 0 Å². The van der Waals surface area contributed by atoms with Crippen LogP contribution in [-0.4, -0.2) is 29.4 Å². The summed E-state index contributed by atoms with van der Waals surface area (Å²) in [4.78, 5) is 25.8. The molecule has 0 unspecified atom stereocenters. The molecule has 0 aliphatic heterocycles. The maximum atomic E-state index is 12.1. The highest BCUT2D eigenvalue weighted by Crippen LogP contribution is 2.18. The fourth-order valence-electron chi connectivity index (χ4n) is 2.45. The minimum atomic E-state index is -0.417. The number of benzene rings is 1. The van der Waals surface area contributed by atoms with E-state index in [1.54, 1.807) is 6.26 Å². The van der Waals surface area contributed by atoms with Gasteiger partial charge in [-0.05, 0) is 30.5 Å². The van der Waals surface area contributed by atoms with Gasteiger partial charge in [0.1, 0.15) is 5.76 Å². The summed E-state index contributed by atoms with van der Waals surface area (Å²) in [6.45, 7) is 1.21. The molecule has 0 bridgehead atoms. The molecule has 1 heterocycles. The van der Waals surface area contributed by atoms with Crippen LogP contribution in [0.5, 0.6) is 0 Å². The second-order valence-electron chi connectivity index (χ2n) is 6.01. The lowest BCUT2D eigenvalue weighted by molar-refractivity contribution is -0.121. The van der Waals surface area contributed by atoms with Gasteiger partial charge in [0.25, 0.3) is 0 Å². The molecule has 1 saturated carbocycles. The Kier molecular flexibility index (Phi) is 5.28. The lowest BCUT2D eigenvalue weighted by Gasteiger charge is -2.20. The van der Waals surface area contributed by atoms with Gasteiger partial charge in [-0.25, -0.2) is 4.79 Å². The second kappa shape index (κ2) is 7.79. The molecule has 0 spiro atoms. The number of rotatable bonds is 7. The van der Waals surface area contributed by atoms with Gasteiger partial charge in [0.15, 0.2) is 0 Å². The molecular weight excluding hydrogens is 306 g/mol. The van der Waals surface area contributed by atoms with Gasteiger partial charge in [-0.1, -0.05) is 30.3 Å². The van der Waals surface area contributed by atoms with Crippen LogP contribution in [0.3, 0.4) is 0 Å². The molecule has 2 aromatic rings. The van der Waals surface area contributed by atoms with E-state index >= 15 is 0 Å². The molecule has 24 heavy (non-hydrogen) atoms. The third-order valence-electron chi connectivity index (χ3n) is 3.74. The lowest BCUT2D eigenvalue weighted by Crippen LogP contribution is -2.44. The number of imide groups is 1. The fraction of sp³-hybridized carbons (Fsp3) is 0.333. The van der Waals surface area contributed by atoms with Crippen LogP contribution in [0.1, 0.15) is 24.2 Å². The van der Waals surface area contributed by atoms with Gasteiger partial charge < -0.3 is 9.73 Å². The highest BCUT2D eigenvalue weighted by molar-refractivity contribution is 5.95. The molecule has 1 aromatic heterocycles.